The van der Waals surface area contributed by atoms with Crippen LogP contribution in [0.5, 0.6) is 0 Å². The minimum absolute atomic E-state index is 0.187. The van der Waals surface area contributed by atoms with E-state index in [4.69, 9.17) is 14.0 Å². The molecule has 46 heavy (non-hydrogen) atoms. The standard InChI is InChI=1S/C23H21O4P.C10H10O7S/c1-14-4-13-19(28)21(16-7-11-18(12-8-16)23(25)27-3)20(14)15-5-9-17(10-6-15)22(24)26-2;1-16-9(11)6-3-7(10(12)17-2)5-8(4-6)18(13,14)15/h4-13H,28H2,1-3H3;3-5H,1-2H3,(H,13,14,15). The van der Waals surface area contributed by atoms with Crippen molar-refractivity contribution >= 4 is 48.5 Å². The summed E-state index contributed by atoms with van der Waals surface area (Å²) in [7, 11) is 3.16. The molecule has 4 aromatic carbocycles. The van der Waals surface area contributed by atoms with Gasteiger partial charge in [0.2, 0.25) is 0 Å². The van der Waals surface area contributed by atoms with Crippen molar-refractivity contribution in [3.63, 3.8) is 0 Å². The van der Waals surface area contributed by atoms with Crippen molar-refractivity contribution in [3.05, 3.63) is 107 Å². The van der Waals surface area contributed by atoms with Crippen molar-refractivity contribution in [2.75, 3.05) is 28.4 Å². The Labute approximate surface area is 268 Å². The molecule has 13 heteroatoms. The van der Waals surface area contributed by atoms with E-state index in [0.29, 0.717) is 11.1 Å². The number of rotatable bonds is 7. The average molecular weight is 667 g/mol. The second-order valence-electron chi connectivity index (χ2n) is 9.56. The molecule has 0 amide bonds. The van der Waals surface area contributed by atoms with Gasteiger partial charge in [-0.3, -0.25) is 4.55 Å². The van der Waals surface area contributed by atoms with Crippen molar-refractivity contribution in [2.45, 2.75) is 11.8 Å². The van der Waals surface area contributed by atoms with Crippen LogP contribution in [0.1, 0.15) is 47.0 Å². The molecule has 0 aliphatic heterocycles. The molecular formula is C33H31O11PS. The molecular weight excluding hydrogens is 635 g/mol. The van der Waals surface area contributed by atoms with Crippen LogP contribution in [0.2, 0.25) is 0 Å². The van der Waals surface area contributed by atoms with E-state index in [2.05, 4.69) is 37.8 Å². The zero-order chi connectivity index (χ0) is 34.2. The number of carbonyl (C=O) groups excluding carboxylic acids is 4. The second-order valence-corrected chi connectivity index (χ2v) is 11.6. The van der Waals surface area contributed by atoms with Gasteiger partial charge in [-0.15, -0.1) is 9.24 Å². The summed E-state index contributed by atoms with van der Waals surface area (Å²) in [5.74, 6) is -2.40. The van der Waals surface area contributed by atoms with Gasteiger partial charge in [0, 0.05) is 0 Å². The highest BCUT2D eigenvalue weighted by atomic mass is 32.2. The molecule has 11 nitrogen and oxygen atoms in total. The average Bonchev–Trinajstić information content (AvgIpc) is 3.07. The Morgan fingerprint density at radius 3 is 1.30 bits per heavy atom. The minimum Gasteiger partial charge on any atom is -0.465 e. The number of esters is 4. The van der Waals surface area contributed by atoms with E-state index in [0.717, 1.165) is 65.5 Å². The third-order valence-corrected chi connectivity index (χ3v) is 7.99. The van der Waals surface area contributed by atoms with Crippen molar-refractivity contribution < 1.29 is 51.1 Å². The fourth-order valence-corrected chi connectivity index (χ4v) is 5.37. The number of methoxy groups -OCH3 is 4. The smallest absolute Gasteiger partial charge is 0.337 e. The summed E-state index contributed by atoms with van der Waals surface area (Å²) in [5, 5.41) is 1.04. The Morgan fingerprint density at radius 1 is 0.565 bits per heavy atom. The molecule has 240 valence electrons. The monoisotopic (exact) mass is 666 g/mol. The normalized spacial score (nSPS) is 10.6. The molecule has 0 spiro atoms. The lowest BCUT2D eigenvalue weighted by atomic mass is 9.90. The summed E-state index contributed by atoms with van der Waals surface area (Å²) in [5.41, 5.74) is 5.89. The molecule has 0 heterocycles. The van der Waals surface area contributed by atoms with Gasteiger partial charge in [0.15, 0.2) is 0 Å². The van der Waals surface area contributed by atoms with Crippen LogP contribution in [0.25, 0.3) is 22.3 Å². The molecule has 0 fully saturated rings. The van der Waals surface area contributed by atoms with Crippen LogP contribution in [0.15, 0.2) is 83.8 Å². The Balaban J connectivity index is 0.000000277. The van der Waals surface area contributed by atoms with E-state index in [9.17, 15) is 27.6 Å². The molecule has 0 saturated heterocycles. The number of hydrogen-bond acceptors (Lipinski definition) is 10. The first kappa shape index (κ1) is 35.6. The number of carbonyl (C=O) groups is 4. The lowest BCUT2D eigenvalue weighted by Crippen LogP contribution is -2.09. The van der Waals surface area contributed by atoms with Gasteiger partial charge in [-0.1, -0.05) is 36.4 Å². The highest BCUT2D eigenvalue weighted by molar-refractivity contribution is 7.85. The lowest BCUT2D eigenvalue weighted by molar-refractivity contribution is 0.0585. The SMILES string of the molecule is COC(=O)c1cc(C(=O)OC)cc(S(=O)(=O)O)c1.COC(=O)c1ccc(-c2c(C)ccc(P)c2-c2ccc(C(=O)OC)cc2)cc1. The summed E-state index contributed by atoms with van der Waals surface area (Å²) in [6, 6.07) is 21.7. The third kappa shape index (κ3) is 8.42. The van der Waals surface area contributed by atoms with Crippen molar-refractivity contribution in [3.8, 4) is 22.3 Å². The van der Waals surface area contributed by atoms with Gasteiger partial charge in [0.05, 0.1) is 55.6 Å². The maximum atomic E-state index is 11.7. The topological polar surface area (TPSA) is 160 Å². The third-order valence-electron chi connectivity index (χ3n) is 6.68. The summed E-state index contributed by atoms with van der Waals surface area (Å²) in [6.07, 6.45) is 0. The van der Waals surface area contributed by atoms with Crippen LogP contribution >= 0.6 is 9.24 Å². The fraction of sp³-hybridized carbons (Fsp3) is 0.152. The molecule has 1 unspecified atom stereocenters. The van der Waals surface area contributed by atoms with Crippen LogP contribution < -0.4 is 5.30 Å². The van der Waals surface area contributed by atoms with Gasteiger partial charge in [0.25, 0.3) is 10.1 Å². The molecule has 0 saturated carbocycles. The van der Waals surface area contributed by atoms with Gasteiger partial charge in [-0.2, -0.15) is 8.42 Å². The van der Waals surface area contributed by atoms with Crippen molar-refractivity contribution in [1.29, 1.82) is 0 Å². The van der Waals surface area contributed by atoms with E-state index in [1.165, 1.54) is 14.2 Å². The summed E-state index contributed by atoms with van der Waals surface area (Å²) in [4.78, 5) is 45.5. The van der Waals surface area contributed by atoms with E-state index in [-0.39, 0.29) is 23.1 Å². The Kier molecular flexibility index (Phi) is 11.9. The number of ether oxygens (including phenoxy) is 4. The van der Waals surface area contributed by atoms with Gasteiger partial charge in [0.1, 0.15) is 0 Å². The highest BCUT2D eigenvalue weighted by Gasteiger charge is 2.19. The zero-order valence-electron chi connectivity index (χ0n) is 25.5. The minimum atomic E-state index is -4.55. The molecule has 0 radical (unpaired) electrons. The predicted octanol–water partition coefficient (Wildman–Crippen LogP) is 4.91. The Bertz CT molecular complexity index is 1760. The Morgan fingerprint density at radius 2 is 0.935 bits per heavy atom. The molecule has 0 bridgehead atoms. The number of benzene rings is 4. The van der Waals surface area contributed by atoms with Gasteiger partial charge in [-0.25, -0.2) is 19.2 Å². The number of aryl methyl sites for hydroxylation is 1. The van der Waals surface area contributed by atoms with Crippen molar-refractivity contribution in [1.82, 2.24) is 0 Å². The second kappa shape index (κ2) is 15.4. The number of hydrogen-bond donors (Lipinski definition) is 1. The lowest BCUT2D eigenvalue weighted by Gasteiger charge is -2.17. The first-order valence-corrected chi connectivity index (χ1v) is 15.3. The van der Waals surface area contributed by atoms with Crippen molar-refractivity contribution in [2.24, 2.45) is 0 Å². The van der Waals surface area contributed by atoms with E-state index >= 15 is 0 Å². The Hall–Kier alpha value is -4.90. The van der Waals surface area contributed by atoms with Crippen LogP contribution in [-0.2, 0) is 29.1 Å². The van der Waals surface area contributed by atoms with Gasteiger partial charge >= 0.3 is 23.9 Å². The maximum absolute atomic E-state index is 11.7. The first-order valence-electron chi connectivity index (χ1n) is 13.3. The summed E-state index contributed by atoms with van der Waals surface area (Å²) >= 11 is 0. The van der Waals surface area contributed by atoms with Gasteiger partial charge < -0.3 is 18.9 Å². The molecule has 0 aromatic heterocycles. The largest absolute Gasteiger partial charge is 0.465 e. The molecule has 0 aliphatic rings. The predicted molar refractivity (Wildman–Crippen MR) is 173 cm³/mol. The molecule has 0 aliphatic carbocycles. The van der Waals surface area contributed by atoms with Crippen LogP contribution in [-0.4, -0.2) is 65.3 Å². The van der Waals surface area contributed by atoms with Crippen LogP contribution in [0.4, 0.5) is 0 Å². The molecule has 1 atom stereocenters. The van der Waals surface area contributed by atoms with Crippen LogP contribution in [0, 0.1) is 6.92 Å². The van der Waals surface area contributed by atoms with Crippen LogP contribution in [0.3, 0.4) is 0 Å². The van der Waals surface area contributed by atoms with E-state index < -0.39 is 27.0 Å². The van der Waals surface area contributed by atoms with E-state index in [1.807, 2.05) is 24.3 Å². The zero-order valence-corrected chi connectivity index (χ0v) is 27.5. The highest BCUT2D eigenvalue weighted by Crippen LogP contribution is 2.35. The fourth-order valence-electron chi connectivity index (χ4n) is 4.41. The summed E-state index contributed by atoms with van der Waals surface area (Å²) < 4.78 is 49.3. The summed E-state index contributed by atoms with van der Waals surface area (Å²) in [6.45, 7) is 2.06. The molecule has 1 N–H and O–H groups in total. The first-order chi connectivity index (χ1) is 21.7. The van der Waals surface area contributed by atoms with Gasteiger partial charge in [-0.05, 0) is 82.5 Å². The molecule has 4 aromatic rings. The maximum Gasteiger partial charge on any atom is 0.337 e. The van der Waals surface area contributed by atoms with E-state index in [1.54, 1.807) is 24.3 Å². The molecule has 4 rings (SSSR count). The quantitative estimate of drug-likeness (QED) is 0.124.